The number of fused-ring (bicyclic) bond motifs is 1. The summed E-state index contributed by atoms with van der Waals surface area (Å²) in [6.45, 7) is 5.60. The van der Waals surface area contributed by atoms with Gasteiger partial charge in [-0.1, -0.05) is 45.0 Å². The molecule has 0 radical (unpaired) electrons. The molecule has 3 aromatic carbocycles. The average molecular weight is 1020 g/mol. The predicted molar refractivity (Wildman–Crippen MR) is 268 cm³/mol. The summed E-state index contributed by atoms with van der Waals surface area (Å²) in [5.74, 6) is -4.68. The van der Waals surface area contributed by atoms with Gasteiger partial charge in [0.15, 0.2) is 18.1 Å². The molecule has 4 N–H and O–H groups in total. The number of nitrogens with one attached hydrogen (secondary N) is 4. The zero-order valence-corrected chi connectivity index (χ0v) is 42.6. The largest absolute Gasteiger partial charge is 0.493 e. The van der Waals surface area contributed by atoms with Crippen molar-refractivity contribution < 1.29 is 66.9 Å². The van der Waals surface area contributed by atoms with Gasteiger partial charge in [-0.3, -0.25) is 53.4 Å². The fourth-order valence-corrected chi connectivity index (χ4v) is 8.89. The van der Waals surface area contributed by atoms with Crippen LogP contribution in [0.1, 0.15) is 136 Å². The van der Waals surface area contributed by atoms with E-state index in [-0.39, 0.29) is 68.1 Å². The lowest BCUT2D eigenvalue weighted by molar-refractivity contribution is -0.164. The lowest BCUT2D eigenvalue weighted by atomic mass is 9.84. The number of piperidine rings is 1. The van der Waals surface area contributed by atoms with E-state index < -0.39 is 83.3 Å². The summed E-state index contributed by atoms with van der Waals surface area (Å²) in [6.07, 6.45) is 3.42. The molecule has 74 heavy (non-hydrogen) atoms. The lowest BCUT2D eigenvalue weighted by Gasteiger charge is -2.36. The highest BCUT2D eigenvalue weighted by atomic mass is 16.5. The van der Waals surface area contributed by atoms with E-state index in [0.29, 0.717) is 80.5 Å². The van der Waals surface area contributed by atoms with Gasteiger partial charge in [-0.15, -0.1) is 0 Å². The number of hydrogen-bond donors (Lipinski definition) is 4. The molecule has 3 aromatic rings. The highest BCUT2D eigenvalue weighted by molar-refractivity contribution is 6.38. The van der Waals surface area contributed by atoms with Crippen molar-refractivity contribution in [2.75, 3.05) is 45.8 Å². The van der Waals surface area contributed by atoms with Gasteiger partial charge in [0.2, 0.25) is 29.4 Å². The van der Waals surface area contributed by atoms with E-state index in [1.165, 1.54) is 30.2 Å². The highest BCUT2D eigenvalue weighted by Gasteiger charge is 2.46. The molecule has 3 aliphatic rings. The Morgan fingerprint density at radius 3 is 2.23 bits per heavy atom. The molecule has 8 amide bonds. The van der Waals surface area contributed by atoms with Crippen molar-refractivity contribution in [3.05, 3.63) is 82.9 Å². The van der Waals surface area contributed by atoms with Crippen LogP contribution in [0.2, 0.25) is 0 Å². The molecule has 0 aromatic heterocycles. The van der Waals surface area contributed by atoms with Gasteiger partial charge < -0.3 is 39.8 Å². The molecule has 0 aliphatic carbocycles. The number of likely N-dealkylation sites (tertiary alicyclic amines) is 1. The molecule has 396 valence electrons. The van der Waals surface area contributed by atoms with Crippen molar-refractivity contribution in [1.29, 1.82) is 0 Å². The summed E-state index contributed by atoms with van der Waals surface area (Å²) in [5.41, 5.74) is 0.956. The molecule has 0 spiro atoms. The van der Waals surface area contributed by atoms with Gasteiger partial charge in [0.1, 0.15) is 23.9 Å². The van der Waals surface area contributed by atoms with E-state index in [4.69, 9.17) is 18.9 Å². The second-order valence-corrected chi connectivity index (χ2v) is 19.1. The third-order valence-electron chi connectivity index (χ3n) is 13.5. The zero-order valence-electron chi connectivity index (χ0n) is 42.6. The van der Waals surface area contributed by atoms with E-state index in [1.807, 2.05) is 19.1 Å². The number of rotatable bonds is 24. The zero-order chi connectivity index (χ0) is 53.5. The number of benzene rings is 3. The van der Waals surface area contributed by atoms with Crippen LogP contribution in [0.5, 0.6) is 17.2 Å². The Labute approximate surface area is 429 Å². The Bertz CT molecular complexity index is 2630. The van der Waals surface area contributed by atoms with Crippen LogP contribution >= 0.6 is 0 Å². The Kier molecular flexibility index (Phi) is 19.4. The number of hydrogen-bond acceptors (Lipinski definition) is 14. The van der Waals surface area contributed by atoms with E-state index in [9.17, 15) is 47.9 Å². The van der Waals surface area contributed by atoms with E-state index >= 15 is 0 Å². The van der Waals surface area contributed by atoms with Crippen LogP contribution in [0, 0.1) is 5.41 Å². The molecule has 3 heterocycles. The van der Waals surface area contributed by atoms with E-state index in [1.54, 1.807) is 51.3 Å². The van der Waals surface area contributed by atoms with Crippen molar-refractivity contribution in [2.24, 2.45) is 5.41 Å². The fraction of sp³-hybridized carbons (Fsp3) is 0.481. The number of nitrogens with zero attached hydrogens (tertiary/aromatic N) is 2. The highest BCUT2D eigenvalue weighted by Crippen LogP contribution is 2.35. The fourth-order valence-electron chi connectivity index (χ4n) is 8.89. The summed E-state index contributed by atoms with van der Waals surface area (Å²) in [6, 6.07) is 14.7. The monoisotopic (exact) mass is 1020 g/mol. The van der Waals surface area contributed by atoms with E-state index in [2.05, 4.69) is 21.3 Å². The summed E-state index contributed by atoms with van der Waals surface area (Å²) in [7, 11) is 3.08. The number of aryl methyl sites for hydroxylation is 1. The van der Waals surface area contributed by atoms with Crippen molar-refractivity contribution in [2.45, 2.75) is 122 Å². The van der Waals surface area contributed by atoms with Gasteiger partial charge in [0.05, 0.1) is 25.3 Å². The Morgan fingerprint density at radius 2 is 1.50 bits per heavy atom. The maximum Gasteiger partial charge on any atom is 0.329 e. The maximum absolute atomic E-state index is 14.1. The molecule has 0 bridgehead atoms. The summed E-state index contributed by atoms with van der Waals surface area (Å²) in [4.78, 5) is 132. The first-order valence-corrected chi connectivity index (χ1v) is 25.1. The van der Waals surface area contributed by atoms with Crippen LogP contribution in [0.3, 0.4) is 0 Å². The van der Waals surface area contributed by atoms with Crippen LogP contribution in [0.15, 0.2) is 60.7 Å². The van der Waals surface area contributed by atoms with Gasteiger partial charge in [-0.25, -0.2) is 4.79 Å². The predicted octanol–water partition coefficient (Wildman–Crippen LogP) is 4.91. The number of esters is 1. The maximum atomic E-state index is 14.1. The first-order chi connectivity index (χ1) is 35.5. The van der Waals surface area contributed by atoms with Crippen LogP contribution in [-0.2, 0) is 49.5 Å². The minimum Gasteiger partial charge on any atom is -0.493 e. The SMILES string of the molecule is CCC(C)(C)C(=O)C(=O)N1CCCC[C@H]1C(=O)O[C@H](CCc1ccc(OC)c(OC)c1)c1cccc(NC(=O)CCC(=O)NCCCCNC(=O)COc2cccc3c2C(=O)N(C2CCCC(=O)NC2=O)C3=O)c1. The second kappa shape index (κ2) is 25.8. The number of ketones is 1. The number of imide groups is 2. The number of amides is 8. The molecule has 3 atom stereocenters. The Balaban J connectivity index is 0.957. The number of ether oxygens (including phenoxy) is 4. The number of unbranched alkanes of at least 4 members (excludes halogenated alkanes) is 1. The minimum absolute atomic E-state index is 0.00354. The number of Topliss-reactive ketones (excluding diaryl/α,β-unsaturated/α-hetero) is 1. The van der Waals surface area contributed by atoms with E-state index in [0.717, 1.165) is 10.5 Å². The summed E-state index contributed by atoms with van der Waals surface area (Å²) >= 11 is 0. The van der Waals surface area contributed by atoms with Crippen LogP contribution in [0.25, 0.3) is 0 Å². The second-order valence-electron chi connectivity index (χ2n) is 19.1. The van der Waals surface area contributed by atoms with Crippen LogP contribution in [0.4, 0.5) is 5.69 Å². The minimum atomic E-state index is -1.15. The van der Waals surface area contributed by atoms with Crippen molar-refractivity contribution in [3.63, 3.8) is 0 Å². The third kappa shape index (κ3) is 14.1. The molecule has 6 rings (SSSR count). The van der Waals surface area contributed by atoms with Crippen LogP contribution in [-0.4, -0.2) is 121 Å². The van der Waals surface area contributed by atoms with Gasteiger partial charge in [-0.05, 0) is 112 Å². The molecule has 2 saturated heterocycles. The summed E-state index contributed by atoms with van der Waals surface area (Å²) < 4.78 is 22.8. The number of methoxy groups -OCH3 is 2. The van der Waals surface area contributed by atoms with Gasteiger partial charge in [-0.2, -0.15) is 0 Å². The van der Waals surface area contributed by atoms with Crippen LogP contribution < -0.4 is 35.5 Å². The molecule has 1 unspecified atom stereocenters. The average Bonchev–Trinajstić information content (AvgIpc) is 3.53. The van der Waals surface area contributed by atoms with Gasteiger partial charge in [0.25, 0.3) is 23.6 Å². The molecule has 20 nitrogen and oxygen atoms in total. The summed E-state index contributed by atoms with van der Waals surface area (Å²) in [5, 5.41) is 10.5. The molecular formula is C54H66N6O14. The molecule has 3 aliphatic heterocycles. The standard InChI is InChI=1S/C54H66N6O14/c1-6-54(2,3)48(65)52(69)59-29-10-7-17-38(59)53(70)74-39(23-21-33-22-24-40(71-4)42(30-33)72-5)34-14-11-15-35(31-34)57-45(63)26-25-43(61)55-27-8-9-28-56-46(64)32-73-41-19-12-16-36-47(41)51(68)60(50(36)67)37-18-13-20-44(62)58-49(37)66/h11-12,14-16,19,22,24,30-31,37-39H,6-10,13,17-18,20-21,23,25-29,32H2,1-5H3,(H,55,61)(H,56,64)(H,57,63)(H,58,62,66)/t37?,38-,39+/m0/s1. The molecule has 20 heteroatoms. The normalized spacial score (nSPS) is 17.0. The Morgan fingerprint density at radius 1 is 0.784 bits per heavy atom. The number of carbonyl (C=O) groups excluding carboxylic acids is 10. The molecule has 0 saturated carbocycles. The van der Waals surface area contributed by atoms with Crippen molar-refractivity contribution in [1.82, 2.24) is 25.8 Å². The molecular weight excluding hydrogens is 957 g/mol. The first-order valence-electron chi connectivity index (χ1n) is 25.1. The Hall–Kier alpha value is -7.64. The van der Waals surface area contributed by atoms with Gasteiger partial charge >= 0.3 is 5.97 Å². The van der Waals surface area contributed by atoms with Gasteiger partial charge in [0, 0.05) is 50.0 Å². The molecule has 2 fully saturated rings. The smallest absolute Gasteiger partial charge is 0.329 e. The number of carbonyl (C=O) groups is 10. The topological polar surface area (TPSA) is 262 Å². The lowest BCUT2D eigenvalue weighted by Crippen LogP contribution is -2.53. The number of anilines is 1. The third-order valence-corrected chi connectivity index (χ3v) is 13.5. The van der Waals surface area contributed by atoms with Crippen molar-refractivity contribution in [3.8, 4) is 17.2 Å². The quantitative estimate of drug-likeness (QED) is 0.0403. The first kappa shape index (κ1) is 55.7. The van der Waals surface area contributed by atoms with Crippen molar-refractivity contribution >= 4 is 64.7 Å².